The molecule has 0 bridgehead atoms. The molecular formula is C19H19FN4O3. The van der Waals surface area contributed by atoms with Gasteiger partial charge in [-0.1, -0.05) is 12.1 Å². The van der Waals surface area contributed by atoms with Crippen molar-refractivity contribution in [2.45, 2.75) is 6.04 Å². The first-order valence-corrected chi connectivity index (χ1v) is 8.23. The van der Waals surface area contributed by atoms with Crippen LogP contribution in [0.5, 0.6) is 5.75 Å². The van der Waals surface area contributed by atoms with Crippen molar-refractivity contribution in [3.05, 3.63) is 59.7 Å². The standard InChI is InChI=1S/C19H19FN4O3/c1-24(2)9-16(11-4-3-5-12(20)6-11)23-18-14-7-13(25)8-15(19(26)27)17(14)21-10-22-18/h3-8,10,16,25H,9H2,1-2H3,(H,26,27)(H,21,22,23). The van der Waals surface area contributed by atoms with Crippen LogP contribution in [-0.4, -0.2) is 51.7 Å². The van der Waals surface area contributed by atoms with E-state index in [2.05, 4.69) is 15.3 Å². The average molecular weight is 370 g/mol. The Hall–Kier alpha value is -3.26. The fourth-order valence-corrected chi connectivity index (χ4v) is 2.92. The van der Waals surface area contributed by atoms with Crippen LogP contribution < -0.4 is 5.32 Å². The number of halogens is 1. The van der Waals surface area contributed by atoms with Gasteiger partial charge in [0.05, 0.1) is 17.1 Å². The van der Waals surface area contributed by atoms with Crippen LogP contribution in [0.1, 0.15) is 22.0 Å². The predicted octanol–water partition coefficient (Wildman–Crippen LogP) is 2.89. The van der Waals surface area contributed by atoms with Gasteiger partial charge in [-0.05, 0) is 43.9 Å². The molecule has 3 rings (SSSR count). The average Bonchev–Trinajstić information content (AvgIpc) is 2.60. The summed E-state index contributed by atoms with van der Waals surface area (Å²) in [5.41, 5.74) is 0.806. The van der Waals surface area contributed by atoms with E-state index in [1.165, 1.54) is 24.5 Å². The summed E-state index contributed by atoms with van der Waals surface area (Å²) in [4.78, 5) is 21.7. The lowest BCUT2D eigenvalue weighted by molar-refractivity contribution is 0.0698. The van der Waals surface area contributed by atoms with Gasteiger partial charge in [-0.15, -0.1) is 0 Å². The number of carbonyl (C=O) groups is 1. The Balaban J connectivity index is 2.08. The van der Waals surface area contributed by atoms with E-state index in [0.717, 1.165) is 6.07 Å². The molecule has 0 fully saturated rings. The van der Waals surface area contributed by atoms with Crippen molar-refractivity contribution < 1.29 is 19.4 Å². The topological polar surface area (TPSA) is 98.6 Å². The van der Waals surface area contributed by atoms with E-state index in [9.17, 15) is 19.4 Å². The molecule has 3 N–H and O–H groups in total. The second kappa shape index (κ2) is 7.55. The van der Waals surface area contributed by atoms with Gasteiger partial charge in [0.1, 0.15) is 23.7 Å². The van der Waals surface area contributed by atoms with Crippen molar-refractivity contribution in [3.63, 3.8) is 0 Å². The number of anilines is 1. The third-order valence-corrected chi connectivity index (χ3v) is 4.06. The van der Waals surface area contributed by atoms with Crippen molar-refractivity contribution in [3.8, 4) is 5.75 Å². The first kappa shape index (κ1) is 18.5. The number of nitrogens with one attached hydrogen (secondary N) is 1. The molecule has 0 aliphatic heterocycles. The van der Waals surface area contributed by atoms with E-state index in [0.29, 0.717) is 23.3 Å². The third kappa shape index (κ3) is 4.12. The highest BCUT2D eigenvalue weighted by Crippen LogP contribution is 2.30. The smallest absolute Gasteiger partial charge is 0.338 e. The zero-order chi connectivity index (χ0) is 19.6. The van der Waals surface area contributed by atoms with Crippen LogP contribution in [0, 0.1) is 5.82 Å². The number of hydrogen-bond donors (Lipinski definition) is 3. The Morgan fingerprint density at radius 3 is 2.70 bits per heavy atom. The van der Waals surface area contributed by atoms with Gasteiger partial charge in [0.25, 0.3) is 0 Å². The number of aromatic carboxylic acids is 1. The zero-order valence-corrected chi connectivity index (χ0v) is 14.8. The quantitative estimate of drug-likeness (QED) is 0.614. The molecule has 0 saturated carbocycles. The monoisotopic (exact) mass is 370 g/mol. The summed E-state index contributed by atoms with van der Waals surface area (Å²) in [5.74, 6) is -1.39. The van der Waals surface area contributed by atoms with Crippen molar-refractivity contribution >= 4 is 22.7 Å². The fraction of sp³-hybridized carbons (Fsp3) is 0.211. The van der Waals surface area contributed by atoms with Crippen molar-refractivity contribution in [1.29, 1.82) is 0 Å². The number of benzene rings is 2. The predicted molar refractivity (Wildman–Crippen MR) is 99.5 cm³/mol. The molecule has 1 heterocycles. The highest BCUT2D eigenvalue weighted by atomic mass is 19.1. The molecular weight excluding hydrogens is 351 g/mol. The van der Waals surface area contributed by atoms with Gasteiger partial charge in [-0.3, -0.25) is 0 Å². The number of likely N-dealkylation sites (N-methyl/N-ethyl adjacent to an activating group) is 1. The molecule has 27 heavy (non-hydrogen) atoms. The van der Waals surface area contributed by atoms with Gasteiger partial charge in [0, 0.05) is 11.9 Å². The summed E-state index contributed by atoms with van der Waals surface area (Å²) in [5, 5.41) is 22.9. The lowest BCUT2D eigenvalue weighted by Crippen LogP contribution is -2.26. The highest BCUT2D eigenvalue weighted by molar-refractivity contribution is 6.05. The van der Waals surface area contributed by atoms with Crippen LogP contribution in [0.25, 0.3) is 10.9 Å². The molecule has 0 radical (unpaired) electrons. The molecule has 0 amide bonds. The van der Waals surface area contributed by atoms with Gasteiger partial charge in [-0.25, -0.2) is 19.2 Å². The molecule has 0 saturated heterocycles. The van der Waals surface area contributed by atoms with Gasteiger partial charge in [0.2, 0.25) is 0 Å². The zero-order valence-electron chi connectivity index (χ0n) is 14.8. The van der Waals surface area contributed by atoms with Crippen LogP contribution in [-0.2, 0) is 0 Å². The van der Waals surface area contributed by atoms with Crippen molar-refractivity contribution in [2.24, 2.45) is 0 Å². The molecule has 7 nitrogen and oxygen atoms in total. The highest BCUT2D eigenvalue weighted by Gasteiger charge is 2.19. The number of phenols is 1. The van der Waals surface area contributed by atoms with Crippen LogP contribution in [0.4, 0.5) is 10.2 Å². The van der Waals surface area contributed by atoms with Crippen LogP contribution in [0.15, 0.2) is 42.7 Å². The van der Waals surface area contributed by atoms with Crippen LogP contribution in [0.2, 0.25) is 0 Å². The lowest BCUT2D eigenvalue weighted by Gasteiger charge is -2.24. The molecule has 0 aliphatic rings. The van der Waals surface area contributed by atoms with E-state index >= 15 is 0 Å². The number of aromatic nitrogens is 2. The molecule has 1 unspecified atom stereocenters. The Morgan fingerprint density at radius 1 is 1.26 bits per heavy atom. The van der Waals surface area contributed by atoms with Gasteiger partial charge in [0.15, 0.2) is 0 Å². The lowest BCUT2D eigenvalue weighted by atomic mass is 10.1. The number of carboxylic acid groups (broad SMARTS) is 1. The Kier molecular flexibility index (Phi) is 5.18. The molecule has 3 aromatic rings. The minimum atomic E-state index is -1.20. The normalized spacial score (nSPS) is 12.3. The summed E-state index contributed by atoms with van der Waals surface area (Å²) in [6.07, 6.45) is 1.26. The van der Waals surface area contributed by atoms with Gasteiger partial charge >= 0.3 is 5.97 Å². The summed E-state index contributed by atoms with van der Waals surface area (Å²) in [7, 11) is 3.78. The van der Waals surface area contributed by atoms with Crippen molar-refractivity contribution in [1.82, 2.24) is 14.9 Å². The molecule has 0 spiro atoms. The minimum absolute atomic E-state index is 0.120. The summed E-state index contributed by atoms with van der Waals surface area (Å²) >= 11 is 0. The summed E-state index contributed by atoms with van der Waals surface area (Å²) < 4.78 is 13.7. The first-order chi connectivity index (χ1) is 12.8. The van der Waals surface area contributed by atoms with Crippen molar-refractivity contribution in [2.75, 3.05) is 26.0 Å². The Labute approximate surface area is 155 Å². The maximum absolute atomic E-state index is 13.7. The van der Waals surface area contributed by atoms with Crippen LogP contribution in [0.3, 0.4) is 0 Å². The number of aromatic hydroxyl groups is 1. The summed E-state index contributed by atoms with van der Waals surface area (Å²) in [6, 6.07) is 8.46. The second-order valence-corrected chi connectivity index (χ2v) is 6.43. The Morgan fingerprint density at radius 2 is 2.04 bits per heavy atom. The third-order valence-electron chi connectivity index (χ3n) is 4.06. The fourth-order valence-electron chi connectivity index (χ4n) is 2.92. The number of nitrogens with zero attached hydrogens (tertiary/aromatic N) is 3. The first-order valence-electron chi connectivity index (χ1n) is 8.23. The summed E-state index contributed by atoms with van der Waals surface area (Å²) in [6.45, 7) is 0.541. The molecule has 0 aliphatic carbocycles. The number of fused-ring (bicyclic) bond motifs is 1. The number of rotatable bonds is 6. The molecule has 1 aromatic heterocycles. The SMILES string of the molecule is CN(C)CC(Nc1ncnc2c(C(=O)O)cc(O)cc12)c1cccc(F)c1. The van der Waals surface area contributed by atoms with E-state index in [-0.39, 0.29) is 28.7 Å². The van der Waals surface area contributed by atoms with Gasteiger partial charge < -0.3 is 20.4 Å². The maximum atomic E-state index is 13.7. The number of carboxylic acids is 1. The van der Waals surface area contributed by atoms with Crippen LogP contribution >= 0.6 is 0 Å². The minimum Gasteiger partial charge on any atom is -0.508 e. The van der Waals surface area contributed by atoms with E-state index in [1.54, 1.807) is 12.1 Å². The number of hydrogen-bond acceptors (Lipinski definition) is 6. The van der Waals surface area contributed by atoms with E-state index in [1.807, 2.05) is 19.0 Å². The maximum Gasteiger partial charge on any atom is 0.338 e. The van der Waals surface area contributed by atoms with E-state index in [4.69, 9.17) is 0 Å². The number of phenolic OH excluding ortho intramolecular Hbond substituents is 1. The molecule has 140 valence electrons. The molecule has 8 heteroatoms. The van der Waals surface area contributed by atoms with E-state index < -0.39 is 5.97 Å². The largest absolute Gasteiger partial charge is 0.508 e. The van der Waals surface area contributed by atoms with Gasteiger partial charge in [-0.2, -0.15) is 0 Å². The second-order valence-electron chi connectivity index (χ2n) is 6.43. The molecule has 1 atom stereocenters. The Bertz CT molecular complexity index is 994. The molecule has 2 aromatic carbocycles.